The van der Waals surface area contributed by atoms with Gasteiger partial charge in [-0.3, -0.25) is 9.59 Å². The lowest BCUT2D eigenvalue weighted by atomic mass is 9.81. The van der Waals surface area contributed by atoms with Gasteiger partial charge in [0.2, 0.25) is 11.8 Å². The zero-order valence-electron chi connectivity index (χ0n) is 21.9. The number of carboxylic acids is 2. The molecule has 41 heavy (non-hydrogen) atoms. The summed E-state index contributed by atoms with van der Waals surface area (Å²) in [6, 6.07) is 15.5. The molecule has 220 valence electrons. The van der Waals surface area contributed by atoms with Gasteiger partial charge >= 0.3 is 18.1 Å². The number of rotatable bonds is 8. The number of carbonyl (C=O) groups is 4. The highest BCUT2D eigenvalue weighted by atomic mass is 19.4. The summed E-state index contributed by atoms with van der Waals surface area (Å²) in [6.07, 6.45) is -1.29. The van der Waals surface area contributed by atoms with Crippen molar-refractivity contribution in [2.24, 2.45) is 17.6 Å². The number of hydrogen-bond donors (Lipinski definition) is 6. The van der Waals surface area contributed by atoms with Gasteiger partial charge in [0.05, 0.1) is 0 Å². The molecule has 13 heteroatoms. The van der Waals surface area contributed by atoms with Crippen LogP contribution in [0.5, 0.6) is 0 Å². The van der Waals surface area contributed by atoms with Crippen molar-refractivity contribution in [3.63, 3.8) is 0 Å². The van der Waals surface area contributed by atoms with E-state index in [4.69, 9.17) is 15.6 Å². The molecule has 1 saturated carbocycles. The maximum Gasteiger partial charge on any atom is 0.490 e. The molecule has 1 fully saturated rings. The predicted molar refractivity (Wildman–Crippen MR) is 144 cm³/mol. The number of aromatic nitrogens is 1. The first-order chi connectivity index (χ1) is 19.4. The van der Waals surface area contributed by atoms with Crippen LogP contribution >= 0.6 is 0 Å². The van der Waals surface area contributed by atoms with Gasteiger partial charge in [0.25, 0.3) is 0 Å². The van der Waals surface area contributed by atoms with Gasteiger partial charge in [-0.05, 0) is 68.0 Å². The second kappa shape index (κ2) is 13.8. The van der Waals surface area contributed by atoms with Gasteiger partial charge in [-0.2, -0.15) is 13.2 Å². The Kier molecular flexibility index (Phi) is 10.5. The topological polar surface area (TPSA) is 175 Å². The average molecular weight is 577 g/mol. The first-order valence-corrected chi connectivity index (χ1v) is 12.9. The molecule has 1 aliphatic rings. The quantitative estimate of drug-likeness (QED) is 0.236. The van der Waals surface area contributed by atoms with Crippen LogP contribution in [0, 0.1) is 11.8 Å². The van der Waals surface area contributed by atoms with Crippen LogP contribution in [0.4, 0.5) is 18.9 Å². The largest absolute Gasteiger partial charge is 0.490 e. The number of anilines is 1. The smallest absolute Gasteiger partial charge is 0.477 e. The van der Waals surface area contributed by atoms with E-state index in [9.17, 15) is 32.7 Å². The Morgan fingerprint density at radius 2 is 1.61 bits per heavy atom. The van der Waals surface area contributed by atoms with E-state index in [1.807, 2.05) is 30.3 Å². The van der Waals surface area contributed by atoms with Crippen LogP contribution in [0.2, 0.25) is 0 Å². The van der Waals surface area contributed by atoms with E-state index in [0.29, 0.717) is 35.5 Å². The molecule has 0 spiro atoms. The summed E-state index contributed by atoms with van der Waals surface area (Å²) < 4.78 is 31.7. The minimum absolute atomic E-state index is 0.0806. The lowest BCUT2D eigenvalue weighted by Crippen LogP contribution is -2.48. The minimum atomic E-state index is -5.08. The number of carboxylic acid groups (broad SMARTS) is 2. The average Bonchev–Trinajstić information content (AvgIpc) is 3.37. The molecule has 0 saturated heterocycles. The molecule has 10 nitrogen and oxygen atoms in total. The third kappa shape index (κ3) is 9.07. The summed E-state index contributed by atoms with van der Waals surface area (Å²) in [7, 11) is 0. The SMILES string of the molecule is NCC1CCC(C(=O)N[C@H](Cc2ccccc2)C(=O)Nc2ccc3[nH]c(C(=O)O)cc3c2)CC1.O=C(O)C(F)(F)F. The normalized spacial score (nSPS) is 17.6. The van der Waals surface area contributed by atoms with E-state index < -0.39 is 24.2 Å². The van der Waals surface area contributed by atoms with Crippen LogP contribution in [0.25, 0.3) is 10.9 Å². The van der Waals surface area contributed by atoms with Crippen LogP contribution in [-0.2, 0) is 20.8 Å². The first kappa shape index (κ1) is 31.1. The number of carbonyl (C=O) groups excluding carboxylic acids is 2. The van der Waals surface area contributed by atoms with Crippen LogP contribution in [0.15, 0.2) is 54.6 Å². The number of nitrogens with two attached hydrogens (primary N) is 1. The van der Waals surface area contributed by atoms with Gasteiger partial charge in [0.15, 0.2) is 0 Å². The Morgan fingerprint density at radius 3 is 2.17 bits per heavy atom. The standard InChI is InChI=1S/C26H30N4O4.C2HF3O2/c27-15-17-6-8-18(9-7-17)24(31)30-22(12-16-4-2-1-3-5-16)25(32)28-20-10-11-21-19(13-20)14-23(29-21)26(33)34;3-2(4,5)1(6)7/h1-5,10-11,13-14,17-18,22,29H,6-9,12,15,27H2,(H,28,32)(H,30,31)(H,33,34);(H,6,7)/t17?,18?,22-;/m1./s1. The number of hydrogen-bond acceptors (Lipinski definition) is 5. The number of amides is 2. The molecule has 0 bridgehead atoms. The Hall–Kier alpha value is -4.39. The molecule has 1 aromatic heterocycles. The lowest BCUT2D eigenvalue weighted by Gasteiger charge is -2.28. The molecule has 7 N–H and O–H groups in total. The molecular formula is C28H31F3N4O6. The number of aromatic amines is 1. The zero-order valence-corrected chi connectivity index (χ0v) is 21.9. The fourth-order valence-electron chi connectivity index (χ4n) is 4.56. The van der Waals surface area contributed by atoms with Gasteiger partial charge in [0.1, 0.15) is 11.7 Å². The van der Waals surface area contributed by atoms with Gasteiger partial charge < -0.3 is 31.6 Å². The monoisotopic (exact) mass is 576 g/mol. The number of benzene rings is 2. The van der Waals surface area contributed by atoms with Gasteiger partial charge in [-0.1, -0.05) is 30.3 Å². The van der Waals surface area contributed by atoms with Gasteiger partial charge in [-0.15, -0.1) is 0 Å². The van der Waals surface area contributed by atoms with Crippen molar-refractivity contribution < 1.29 is 42.6 Å². The highest BCUT2D eigenvalue weighted by Gasteiger charge is 2.38. The number of nitrogens with one attached hydrogen (secondary N) is 3. The molecule has 4 rings (SSSR count). The van der Waals surface area contributed by atoms with E-state index in [1.165, 1.54) is 6.07 Å². The molecule has 0 aliphatic heterocycles. The van der Waals surface area contributed by atoms with E-state index in [1.54, 1.807) is 18.2 Å². The summed E-state index contributed by atoms with van der Waals surface area (Å²) in [5.74, 6) is -3.86. The molecule has 0 radical (unpaired) electrons. The summed E-state index contributed by atoms with van der Waals surface area (Å²) in [4.78, 5) is 49.2. The van der Waals surface area contributed by atoms with Crippen LogP contribution in [0.3, 0.4) is 0 Å². The summed E-state index contributed by atoms with van der Waals surface area (Å²) in [5, 5.41) is 22.9. The second-order valence-corrected chi connectivity index (χ2v) is 9.79. The number of aliphatic carboxylic acids is 1. The van der Waals surface area contributed by atoms with Gasteiger partial charge in [0, 0.05) is 28.9 Å². The van der Waals surface area contributed by atoms with E-state index in [0.717, 1.165) is 31.2 Å². The van der Waals surface area contributed by atoms with E-state index in [2.05, 4.69) is 15.6 Å². The number of alkyl halides is 3. The third-order valence-corrected chi connectivity index (χ3v) is 6.83. The Morgan fingerprint density at radius 1 is 0.976 bits per heavy atom. The molecule has 1 aliphatic carbocycles. The molecule has 1 atom stereocenters. The van der Waals surface area contributed by atoms with Crippen molar-refractivity contribution in [1.82, 2.24) is 10.3 Å². The molecular weight excluding hydrogens is 545 g/mol. The van der Waals surface area contributed by atoms with Crippen molar-refractivity contribution in [3.05, 3.63) is 65.9 Å². The molecule has 1 heterocycles. The Bertz CT molecular complexity index is 1370. The van der Waals surface area contributed by atoms with Crippen molar-refractivity contribution >= 4 is 40.3 Å². The Balaban J connectivity index is 0.000000587. The maximum absolute atomic E-state index is 13.2. The Labute approximate surface area is 233 Å². The van der Waals surface area contributed by atoms with Crippen molar-refractivity contribution in [2.45, 2.75) is 44.3 Å². The van der Waals surface area contributed by atoms with Crippen LogP contribution in [-0.4, -0.2) is 57.7 Å². The van der Waals surface area contributed by atoms with E-state index >= 15 is 0 Å². The van der Waals surface area contributed by atoms with Crippen molar-refractivity contribution in [2.75, 3.05) is 11.9 Å². The van der Waals surface area contributed by atoms with Crippen LogP contribution < -0.4 is 16.4 Å². The van der Waals surface area contributed by atoms with E-state index in [-0.39, 0.29) is 23.4 Å². The number of H-pyrrole nitrogens is 1. The number of halogens is 3. The number of fused-ring (bicyclic) bond motifs is 1. The van der Waals surface area contributed by atoms with Crippen LogP contribution in [0.1, 0.15) is 41.7 Å². The fourth-order valence-corrected chi connectivity index (χ4v) is 4.56. The van der Waals surface area contributed by atoms with Crippen molar-refractivity contribution in [1.29, 1.82) is 0 Å². The zero-order chi connectivity index (χ0) is 30.2. The summed E-state index contributed by atoms with van der Waals surface area (Å²) >= 11 is 0. The number of aromatic carboxylic acids is 1. The predicted octanol–water partition coefficient (Wildman–Crippen LogP) is 3.93. The highest BCUT2D eigenvalue weighted by Crippen LogP contribution is 2.28. The van der Waals surface area contributed by atoms with Crippen molar-refractivity contribution in [3.8, 4) is 0 Å². The fraction of sp³-hybridized carbons (Fsp3) is 0.357. The highest BCUT2D eigenvalue weighted by molar-refractivity contribution is 6.00. The minimum Gasteiger partial charge on any atom is -0.477 e. The summed E-state index contributed by atoms with van der Waals surface area (Å²) in [5.41, 5.74) is 7.99. The first-order valence-electron chi connectivity index (χ1n) is 12.9. The lowest BCUT2D eigenvalue weighted by molar-refractivity contribution is -0.192. The molecule has 3 aromatic rings. The molecule has 2 amide bonds. The molecule has 0 unspecified atom stereocenters. The second-order valence-electron chi connectivity index (χ2n) is 9.79. The molecule has 2 aromatic carbocycles. The summed E-state index contributed by atoms with van der Waals surface area (Å²) in [6.45, 7) is 0.646. The third-order valence-electron chi connectivity index (χ3n) is 6.83. The maximum atomic E-state index is 13.2. The van der Waals surface area contributed by atoms with Gasteiger partial charge in [-0.25, -0.2) is 9.59 Å².